The van der Waals surface area contributed by atoms with E-state index in [4.69, 9.17) is 9.47 Å². The Morgan fingerprint density at radius 3 is 2.79 bits per heavy atom. The fourth-order valence-corrected chi connectivity index (χ4v) is 3.04. The summed E-state index contributed by atoms with van der Waals surface area (Å²) in [5.74, 6) is 1.75. The van der Waals surface area contributed by atoms with Gasteiger partial charge >= 0.3 is 0 Å². The third-order valence-corrected chi connectivity index (χ3v) is 4.34. The molecule has 1 aliphatic heterocycles. The lowest BCUT2D eigenvalue weighted by Crippen LogP contribution is -2.28. The predicted molar refractivity (Wildman–Crippen MR) is 91.7 cm³/mol. The van der Waals surface area contributed by atoms with Crippen LogP contribution in [-0.2, 0) is 0 Å². The summed E-state index contributed by atoms with van der Waals surface area (Å²) in [6.07, 6.45) is 2.59. The van der Waals surface area contributed by atoms with Gasteiger partial charge in [-0.1, -0.05) is 12.1 Å². The highest BCUT2D eigenvalue weighted by Gasteiger charge is 2.28. The van der Waals surface area contributed by atoms with E-state index in [9.17, 15) is 4.79 Å². The number of hydrogen-bond acceptors (Lipinski definition) is 4. The molecule has 1 aromatic heterocycles. The number of likely N-dealkylation sites (tertiary alicyclic amines) is 1. The zero-order valence-corrected chi connectivity index (χ0v) is 14.1. The van der Waals surface area contributed by atoms with Crippen molar-refractivity contribution in [1.29, 1.82) is 0 Å². The Bertz CT molecular complexity index is 700. The molecule has 0 N–H and O–H groups in total. The number of rotatable bonds is 5. The maximum atomic E-state index is 12.7. The second kappa shape index (κ2) is 7.34. The van der Waals surface area contributed by atoms with E-state index in [-0.39, 0.29) is 5.91 Å². The Balaban J connectivity index is 1.68. The van der Waals surface area contributed by atoms with E-state index < -0.39 is 0 Å². The van der Waals surface area contributed by atoms with E-state index >= 15 is 0 Å². The molecule has 1 fully saturated rings. The molecule has 1 amide bonds. The molecule has 5 nitrogen and oxygen atoms in total. The van der Waals surface area contributed by atoms with Crippen LogP contribution in [0.4, 0.5) is 0 Å². The van der Waals surface area contributed by atoms with Gasteiger partial charge < -0.3 is 14.4 Å². The van der Waals surface area contributed by atoms with Gasteiger partial charge in [0.25, 0.3) is 5.91 Å². The average molecular weight is 326 g/mol. The first-order valence-electron chi connectivity index (χ1n) is 8.23. The summed E-state index contributed by atoms with van der Waals surface area (Å²) in [4.78, 5) is 18.7. The quantitative estimate of drug-likeness (QED) is 0.847. The van der Waals surface area contributed by atoms with Gasteiger partial charge in [0, 0.05) is 36.8 Å². The Labute approximate surface area is 142 Å². The lowest BCUT2D eigenvalue weighted by atomic mass is 9.98. The van der Waals surface area contributed by atoms with Gasteiger partial charge in [-0.15, -0.1) is 0 Å². The van der Waals surface area contributed by atoms with Gasteiger partial charge in [0.05, 0.1) is 13.7 Å². The van der Waals surface area contributed by atoms with Crippen LogP contribution in [0, 0.1) is 0 Å². The van der Waals surface area contributed by atoms with Crippen molar-refractivity contribution in [3.8, 4) is 11.6 Å². The third kappa shape index (κ3) is 3.50. The van der Waals surface area contributed by atoms with E-state index in [1.54, 1.807) is 25.4 Å². The molecule has 1 atom stereocenters. The van der Waals surface area contributed by atoms with Gasteiger partial charge in [-0.2, -0.15) is 0 Å². The van der Waals surface area contributed by atoms with E-state index in [1.807, 2.05) is 24.0 Å². The molecule has 126 valence electrons. The summed E-state index contributed by atoms with van der Waals surface area (Å²) in [7, 11) is 1.66. The molecule has 2 heterocycles. The molecule has 1 aromatic carbocycles. The van der Waals surface area contributed by atoms with Crippen LogP contribution in [0.15, 0.2) is 42.6 Å². The van der Waals surface area contributed by atoms with E-state index in [0.717, 1.165) is 25.3 Å². The highest BCUT2D eigenvalue weighted by molar-refractivity contribution is 5.94. The summed E-state index contributed by atoms with van der Waals surface area (Å²) in [6, 6.07) is 11.6. The third-order valence-electron chi connectivity index (χ3n) is 4.34. The van der Waals surface area contributed by atoms with Gasteiger partial charge in [0.2, 0.25) is 5.88 Å². The minimum absolute atomic E-state index is 0.0364. The highest BCUT2D eigenvalue weighted by atomic mass is 16.5. The molecule has 24 heavy (non-hydrogen) atoms. The Morgan fingerprint density at radius 1 is 1.29 bits per heavy atom. The van der Waals surface area contributed by atoms with Crippen molar-refractivity contribution in [3.05, 3.63) is 53.7 Å². The molecule has 1 aliphatic rings. The zero-order valence-electron chi connectivity index (χ0n) is 14.1. The maximum absolute atomic E-state index is 12.7. The molecule has 0 saturated carbocycles. The number of pyridine rings is 1. The summed E-state index contributed by atoms with van der Waals surface area (Å²) in [5.41, 5.74) is 1.87. The largest absolute Gasteiger partial charge is 0.497 e. The van der Waals surface area contributed by atoms with Crippen molar-refractivity contribution in [3.63, 3.8) is 0 Å². The predicted octanol–water partition coefficient (Wildman–Crippen LogP) is 3.12. The normalized spacial score (nSPS) is 16.9. The van der Waals surface area contributed by atoms with E-state index in [2.05, 4.69) is 17.1 Å². The van der Waals surface area contributed by atoms with Crippen molar-refractivity contribution in [1.82, 2.24) is 9.88 Å². The maximum Gasteiger partial charge on any atom is 0.254 e. The van der Waals surface area contributed by atoms with Crippen molar-refractivity contribution in [2.45, 2.75) is 19.3 Å². The number of aromatic nitrogens is 1. The van der Waals surface area contributed by atoms with Crippen LogP contribution in [0.25, 0.3) is 0 Å². The van der Waals surface area contributed by atoms with E-state index in [1.165, 1.54) is 5.56 Å². The monoisotopic (exact) mass is 326 g/mol. The number of carbonyl (C=O) groups excluding carboxylic acids is 1. The van der Waals surface area contributed by atoms with Crippen LogP contribution in [0.5, 0.6) is 11.6 Å². The molecule has 0 radical (unpaired) electrons. The molecule has 2 aromatic rings. The first-order valence-corrected chi connectivity index (χ1v) is 8.23. The van der Waals surface area contributed by atoms with Gasteiger partial charge in [-0.05, 0) is 37.1 Å². The van der Waals surface area contributed by atoms with Crippen molar-refractivity contribution in [2.24, 2.45) is 0 Å². The number of amides is 1. The van der Waals surface area contributed by atoms with Gasteiger partial charge in [-0.25, -0.2) is 4.98 Å². The molecule has 0 spiro atoms. The standard InChI is InChI=1S/C19H22N2O3/c1-3-24-18-12-15(8-10-20-18)19(22)21-11-9-16(13-21)14-4-6-17(23-2)7-5-14/h4-8,10,12,16H,3,9,11,13H2,1-2H3/t16-/m1/s1. The molecule has 5 heteroatoms. The number of carbonyl (C=O) groups is 1. The Morgan fingerprint density at radius 2 is 2.08 bits per heavy atom. The fourth-order valence-electron chi connectivity index (χ4n) is 3.04. The van der Waals surface area contributed by atoms with Gasteiger partial charge in [0.15, 0.2) is 0 Å². The van der Waals surface area contributed by atoms with Gasteiger partial charge in [-0.3, -0.25) is 4.79 Å². The van der Waals surface area contributed by atoms with Crippen molar-refractivity contribution in [2.75, 3.05) is 26.8 Å². The first-order chi connectivity index (χ1) is 11.7. The number of ether oxygens (including phenoxy) is 2. The second-order valence-electron chi connectivity index (χ2n) is 5.83. The molecular weight excluding hydrogens is 304 g/mol. The van der Waals surface area contributed by atoms with Crippen LogP contribution in [0.2, 0.25) is 0 Å². The summed E-state index contributed by atoms with van der Waals surface area (Å²) < 4.78 is 10.6. The van der Waals surface area contributed by atoms with E-state index in [0.29, 0.717) is 24.0 Å². The van der Waals surface area contributed by atoms with Gasteiger partial charge in [0.1, 0.15) is 5.75 Å². The molecule has 1 saturated heterocycles. The number of nitrogens with zero attached hydrogens (tertiary/aromatic N) is 2. The average Bonchev–Trinajstić information content (AvgIpc) is 3.12. The Kier molecular flexibility index (Phi) is 4.99. The molecule has 0 bridgehead atoms. The molecule has 0 aliphatic carbocycles. The van der Waals surface area contributed by atoms with Crippen LogP contribution >= 0.6 is 0 Å². The van der Waals surface area contributed by atoms with Crippen LogP contribution in [0.1, 0.15) is 35.2 Å². The van der Waals surface area contributed by atoms with Crippen LogP contribution in [-0.4, -0.2) is 42.6 Å². The fraction of sp³-hybridized carbons (Fsp3) is 0.368. The number of hydrogen-bond donors (Lipinski definition) is 0. The Hall–Kier alpha value is -2.56. The minimum atomic E-state index is 0.0364. The summed E-state index contributed by atoms with van der Waals surface area (Å²) >= 11 is 0. The topological polar surface area (TPSA) is 51.7 Å². The second-order valence-corrected chi connectivity index (χ2v) is 5.83. The summed E-state index contributed by atoms with van der Waals surface area (Å²) in [5, 5.41) is 0. The first kappa shape index (κ1) is 16.3. The lowest BCUT2D eigenvalue weighted by Gasteiger charge is -2.17. The minimum Gasteiger partial charge on any atom is -0.497 e. The molecular formula is C19H22N2O3. The molecule has 0 unspecified atom stereocenters. The lowest BCUT2D eigenvalue weighted by molar-refractivity contribution is 0.0790. The number of methoxy groups -OCH3 is 1. The number of benzene rings is 1. The molecule has 3 rings (SSSR count). The van der Waals surface area contributed by atoms with Crippen molar-refractivity contribution < 1.29 is 14.3 Å². The van der Waals surface area contributed by atoms with Crippen molar-refractivity contribution >= 4 is 5.91 Å². The van der Waals surface area contributed by atoms with Crippen LogP contribution < -0.4 is 9.47 Å². The van der Waals surface area contributed by atoms with Crippen LogP contribution in [0.3, 0.4) is 0 Å². The highest BCUT2D eigenvalue weighted by Crippen LogP contribution is 2.29. The zero-order chi connectivity index (χ0) is 16.9. The smallest absolute Gasteiger partial charge is 0.254 e. The SMILES string of the molecule is CCOc1cc(C(=O)N2CC[C@@H](c3ccc(OC)cc3)C2)ccn1. The summed E-state index contributed by atoms with van der Waals surface area (Å²) in [6.45, 7) is 3.93.